The molecule has 2 rings (SSSR count). The van der Waals surface area contributed by atoms with Crippen molar-refractivity contribution in [3.8, 4) is 0 Å². The highest BCUT2D eigenvalue weighted by Gasteiger charge is 2.10. The SMILES string of the molecule is CC(C)(C)NCCc1ccc(CN2CCOCC2)cc1. The van der Waals surface area contributed by atoms with Crippen LogP contribution in [-0.2, 0) is 17.7 Å². The van der Waals surface area contributed by atoms with Crippen molar-refractivity contribution in [3.63, 3.8) is 0 Å². The summed E-state index contributed by atoms with van der Waals surface area (Å²) in [5, 5.41) is 3.53. The van der Waals surface area contributed by atoms with Gasteiger partial charge in [0.05, 0.1) is 13.2 Å². The van der Waals surface area contributed by atoms with Crippen molar-refractivity contribution in [3.05, 3.63) is 35.4 Å². The Morgan fingerprint density at radius 2 is 1.65 bits per heavy atom. The zero-order valence-corrected chi connectivity index (χ0v) is 13.1. The van der Waals surface area contributed by atoms with Gasteiger partial charge in [0.1, 0.15) is 0 Å². The average molecular weight is 276 g/mol. The predicted molar refractivity (Wildman–Crippen MR) is 84.0 cm³/mol. The van der Waals surface area contributed by atoms with Crippen LogP contribution in [0.2, 0.25) is 0 Å². The molecule has 1 saturated heterocycles. The van der Waals surface area contributed by atoms with Crippen LogP contribution in [0, 0.1) is 0 Å². The summed E-state index contributed by atoms with van der Waals surface area (Å²) in [4.78, 5) is 2.46. The lowest BCUT2D eigenvalue weighted by Gasteiger charge is -2.26. The minimum absolute atomic E-state index is 0.205. The maximum absolute atomic E-state index is 5.38. The van der Waals surface area contributed by atoms with E-state index in [0.29, 0.717) is 0 Å². The number of nitrogens with one attached hydrogen (secondary N) is 1. The number of rotatable bonds is 5. The number of benzene rings is 1. The Labute approximate surface area is 123 Å². The molecule has 0 atom stereocenters. The van der Waals surface area contributed by atoms with Gasteiger partial charge >= 0.3 is 0 Å². The van der Waals surface area contributed by atoms with Gasteiger partial charge in [-0.2, -0.15) is 0 Å². The normalized spacial score (nSPS) is 17.4. The van der Waals surface area contributed by atoms with Crippen molar-refractivity contribution < 1.29 is 4.74 Å². The minimum atomic E-state index is 0.205. The van der Waals surface area contributed by atoms with Crippen molar-refractivity contribution in [2.45, 2.75) is 39.3 Å². The molecule has 3 nitrogen and oxygen atoms in total. The second-order valence-electron chi connectivity index (χ2n) is 6.63. The molecular weight excluding hydrogens is 248 g/mol. The first-order valence-electron chi connectivity index (χ1n) is 7.66. The van der Waals surface area contributed by atoms with E-state index in [4.69, 9.17) is 4.74 Å². The maximum Gasteiger partial charge on any atom is 0.0594 e. The highest BCUT2D eigenvalue weighted by molar-refractivity contribution is 5.22. The molecular formula is C17H28N2O. The molecule has 1 N–H and O–H groups in total. The molecule has 1 fully saturated rings. The Morgan fingerprint density at radius 1 is 1.05 bits per heavy atom. The summed E-state index contributed by atoms with van der Waals surface area (Å²) in [7, 11) is 0. The molecule has 0 bridgehead atoms. The van der Waals surface area contributed by atoms with Crippen molar-refractivity contribution in [1.82, 2.24) is 10.2 Å². The Morgan fingerprint density at radius 3 is 2.25 bits per heavy atom. The van der Waals surface area contributed by atoms with Crippen LogP contribution in [0.5, 0.6) is 0 Å². The third kappa shape index (κ3) is 5.61. The van der Waals surface area contributed by atoms with E-state index in [-0.39, 0.29) is 5.54 Å². The van der Waals surface area contributed by atoms with Crippen LogP contribution in [0.4, 0.5) is 0 Å². The molecule has 0 aliphatic carbocycles. The van der Waals surface area contributed by atoms with Gasteiger partial charge in [0, 0.05) is 25.2 Å². The summed E-state index contributed by atoms with van der Waals surface area (Å²) in [5.74, 6) is 0. The van der Waals surface area contributed by atoms with E-state index in [1.54, 1.807) is 0 Å². The van der Waals surface area contributed by atoms with E-state index in [9.17, 15) is 0 Å². The summed E-state index contributed by atoms with van der Waals surface area (Å²) >= 11 is 0. The quantitative estimate of drug-likeness (QED) is 0.894. The van der Waals surface area contributed by atoms with E-state index in [0.717, 1.165) is 45.8 Å². The maximum atomic E-state index is 5.38. The molecule has 0 radical (unpaired) electrons. The molecule has 0 spiro atoms. The van der Waals surface area contributed by atoms with E-state index >= 15 is 0 Å². The topological polar surface area (TPSA) is 24.5 Å². The van der Waals surface area contributed by atoms with E-state index < -0.39 is 0 Å². The first-order valence-corrected chi connectivity index (χ1v) is 7.66. The Balaban J connectivity index is 1.77. The molecule has 0 unspecified atom stereocenters. The molecule has 1 aromatic carbocycles. The van der Waals surface area contributed by atoms with Crippen LogP contribution < -0.4 is 5.32 Å². The number of hydrogen-bond acceptors (Lipinski definition) is 3. The molecule has 0 amide bonds. The van der Waals surface area contributed by atoms with Gasteiger partial charge in [-0.15, -0.1) is 0 Å². The molecule has 112 valence electrons. The monoisotopic (exact) mass is 276 g/mol. The number of nitrogens with zero attached hydrogens (tertiary/aromatic N) is 1. The van der Waals surface area contributed by atoms with Crippen LogP contribution in [0.1, 0.15) is 31.9 Å². The zero-order valence-electron chi connectivity index (χ0n) is 13.1. The number of morpholine rings is 1. The second kappa shape index (κ2) is 7.21. The highest BCUT2D eigenvalue weighted by Crippen LogP contribution is 2.10. The Kier molecular flexibility index (Phi) is 5.58. The molecule has 3 heteroatoms. The Bertz CT molecular complexity index is 388. The summed E-state index contributed by atoms with van der Waals surface area (Å²) in [5.41, 5.74) is 3.02. The Hall–Kier alpha value is -0.900. The third-order valence-corrected chi connectivity index (χ3v) is 3.60. The van der Waals surface area contributed by atoms with Gasteiger partial charge in [0.25, 0.3) is 0 Å². The molecule has 1 aromatic rings. The van der Waals surface area contributed by atoms with E-state index in [2.05, 4.69) is 55.3 Å². The zero-order chi connectivity index (χ0) is 14.4. The van der Waals surface area contributed by atoms with Crippen LogP contribution >= 0.6 is 0 Å². The molecule has 1 aliphatic heterocycles. The minimum Gasteiger partial charge on any atom is -0.379 e. The van der Waals surface area contributed by atoms with Gasteiger partial charge in [0.2, 0.25) is 0 Å². The summed E-state index contributed by atoms with van der Waals surface area (Å²) < 4.78 is 5.38. The van der Waals surface area contributed by atoms with Crippen molar-refractivity contribution >= 4 is 0 Å². The van der Waals surface area contributed by atoms with Crippen LogP contribution in [0.25, 0.3) is 0 Å². The van der Waals surface area contributed by atoms with Gasteiger partial charge in [-0.3, -0.25) is 4.90 Å². The fraction of sp³-hybridized carbons (Fsp3) is 0.647. The molecule has 0 saturated carbocycles. The molecule has 1 aliphatic rings. The lowest BCUT2D eigenvalue weighted by atomic mass is 10.1. The first kappa shape index (κ1) is 15.5. The highest BCUT2D eigenvalue weighted by atomic mass is 16.5. The van der Waals surface area contributed by atoms with Crippen LogP contribution in [-0.4, -0.2) is 43.3 Å². The van der Waals surface area contributed by atoms with Gasteiger partial charge in [-0.25, -0.2) is 0 Å². The van der Waals surface area contributed by atoms with E-state index in [1.807, 2.05) is 0 Å². The first-order chi connectivity index (χ1) is 9.53. The van der Waals surface area contributed by atoms with Crippen molar-refractivity contribution in [2.75, 3.05) is 32.8 Å². The fourth-order valence-electron chi connectivity index (χ4n) is 2.41. The smallest absolute Gasteiger partial charge is 0.0594 e. The summed E-state index contributed by atoms with van der Waals surface area (Å²) in [6.07, 6.45) is 1.09. The van der Waals surface area contributed by atoms with Crippen LogP contribution in [0.3, 0.4) is 0 Å². The van der Waals surface area contributed by atoms with Crippen molar-refractivity contribution in [1.29, 1.82) is 0 Å². The van der Waals surface area contributed by atoms with Crippen LogP contribution in [0.15, 0.2) is 24.3 Å². The van der Waals surface area contributed by atoms with E-state index in [1.165, 1.54) is 11.1 Å². The lowest BCUT2D eigenvalue weighted by Crippen LogP contribution is -2.37. The van der Waals surface area contributed by atoms with Gasteiger partial charge < -0.3 is 10.1 Å². The lowest BCUT2D eigenvalue weighted by molar-refractivity contribution is 0.0342. The predicted octanol–water partition coefficient (Wildman–Crippen LogP) is 2.45. The molecule has 1 heterocycles. The molecule has 0 aromatic heterocycles. The average Bonchev–Trinajstić information content (AvgIpc) is 2.41. The number of hydrogen-bond donors (Lipinski definition) is 1. The largest absolute Gasteiger partial charge is 0.379 e. The fourth-order valence-corrected chi connectivity index (χ4v) is 2.41. The second-order valence-corrected chi connectivity index (χ2v) is 6.63. The van der Waals surface area contributed by atoms with Gasteiger partial charge in [-0.1, -0.05) is 24.3 Å². The van der Waals surface area contributed by atoms with Gasteiger partial charge in [0.15, 0.2) is 0 Å². The number of ether oxygens (including phenoxy) is 1. The summed E-state index contributed by atoms with van der Waals surface area (Å²) in [6, 6.07) is 9.06. The van der Waals surface area contributed by atoms with Gasteiger partial charge in [-0.05, 0) is 44.9 Å². The third-order valence-electron chi connectivity index (χ3n) is 3.60. The standard InChI is InChI=1S/C17H28N2O/c1-17(2,3)18-9-8-15-4-6-16(7-5-15)14-19-10-12-20-13-11-19/h4-7,18H,8-14H2,1-3H3. The summed E-state index contributed by atoms with van der Waals surface area (Å²) in [6.45, 7) is 12.5. The molecule has 20 heavy (non-hydrogen) atoms. The van der Waals surface area contributed by atoms with Crippen molar-refractivity contribution in [2.24, 2.45) is 0 Å².